The molecule has 3 atom stereocenters. The Morgan fingerprint density at radius 2 is 1.60 bits per heavy atom. The highest BCUT2D eigenvalue weighted by Crippen LogP contribution is 2.21. The molecule has 1 heterocycles. The fourth-order valence-electron chi connectivity index (χ4n) is 4.84. The number of carboxylic acid groups (broad SMARTS) is 1. The van der Waals surface area contributed by atoms with Gasteiger partial charge in [-0.05, 0) is 63.0 Å². The molecule has 1 aromatic rings. The number of benzene rings is 1. The Morgan fingerprint density at radius 3 is 2.17 bits per heavy atom. The predicted octanol–water partition coefficient (Wildman–Crippen LogP) is -0.778. The smallest absolute Gasteiger partial charge is 0.323 e. The summed E-state index contributed by atoms with van der Waals surface area (Å²) in [6.07, 6.45) is 2.32. The highest BCUT2D eigenvalue weighted by Gasteiger charge is 2.40. The van der Waals surface area contributed by atoms with E-state index in [4.69, 9.17) is 17.2 Å². The third kappa shape index (κ3) is 11.4. The van der Waals surface area contributed by atoms with E-state index in [2.05, 4.69) is 16.0 Å². The number of likely N-dealkylation sites (tertiary alicyclic amines) is 1. The Morgan fingerprint density at radius 1 is 0.976 bits per heavy atom. The van der Waals surface area contributed by atoms with Crippen molar-refractivity contribution in [1.82, 2.24) is 20.9 Å². The van der Waals surface area contributed by atoms with Crippen molar-refractivity contribution in [3.63, 3.8) is 0 Å². The van der Waals surface area contributed by atoms with E-state index in [0.29, 0.717) is 38.6 Å². The number of unbranched alkanes of at least 4 members (excludes halogenated alkanes) is 1. The van der Waals surface area contributed by atoms with Crippen molar-refractivity contribution in [3.8, 4) is 0 Å². The topological polar surface area (TPSA) is 223 Å². The fourth-order valence-corrected chi connectivity index (χ4v) is 4.84. The van der Waals surface area contributed by atoms with Crippen molar-refractivity contribution in [3.05, 3.63) is 35.9 Å². The van der Waals surface area contributed by atoms with Crippen molar-refractivity contribution in [2.45, 2.75) is 82.5 Å². The standard InChI is InChI=1S/C29H47N7O6/c1-19(2)16-23(35-25(38)21(30)17-20-8-4-3-5-9-20)26(39)34-22(10-6-7-13-33-18-24(31)37)27(40)36-14-11-29(32,12-15-36)28(41)42/h3-5,8-9,19,21-23,33H,6-7,10-18,30,32H2,1-2H3,(H2,31,37)(H,34,39)(H,35,38)(H,41,42). The number of piperidine rings is 1. The molecule has 0 aromatic heterocycles. The maximum atomic E-state index is 13.5. The van der Waals surface area contributed by atoms with E-state index in [1.807, 2.05) is 44.2 Å². The Hall–Kier alpha value is -3.55. The number of carboxylic acids is 1. The van der Waals surface area contributed by atoms with Crippen LogP contribution in [-0.2, 0) is 30.4 Å². The SMILES string of the molecule is CC(C)CC(NC(=O)C(N)Cc1ccccc1)C(=O)NC(CCCCNCC(N)=O)C(=O)N1CCC(N)(C(=O)O)CC1. The van der Waals surface area contributed by atoms with Gasteiger partial charge in [-0.2, -0.15) is 0 Å². The number of nitrogens with one attached hydrogen (secondary N) is 3. The zero-order valence-electron chi connectivity index (χ0n) is 24.6. The molecule has 10 N–H and O–H groups in total. The minimum atomic E-state index is -1.40. The van der Waals surface area contributed by atoms with Gasteiger partial charge >= 0.3 is 5.97 Å². The monoisotopic (exact) mass is 589 g/mol. The fraction of sp³-hybridized carbons (Fsp3) is 0.621. The minimum absolute atomic E-state index is 0.0419. The van der Waals surface area contributed by atoms with E-state index in [-0.39, 0.29) is 44.3 Å². The van der Waals surface area contributed by atoms with Crippen LogP contribution in [0.4, 0.5) is 0 Å². The molecule has 1 saturated heterocycles. The van der Waals surface area contributed by atoms with Gasteiger partial charge in [0, 0.05) is 13.1 Å². The highest BCUT2D eigenvalue weighted by atomic mass is 16.4. The number of amides is 4. The number of hydrogen-bond acceptors (Lipinski definition) is 8. The summed E-state index contributed by atoms with van der Waals surface area (Å²) in [5, 5.41) is 18.0. The molecule has 234 valence electrons. The van der Waals surface area contributed by atoms with Gasteiger partial charge in [-0.15, -0.1) is 0 Å². The number of nitrogens with two attached hydrogens (primary N) is 3. The first-order valence-corrected chi connectivity index (χ1v) is 14.5. The van der Waals surface area contributed by atoms with Crippen LogP contribution < -0.4 is 33.2 Å². The lowest BCUT2D eigenvalue weighted by Crippen LogP contribution is -2.60. The Balaban J connectivity index is 2.10. The summed E-state index contributed by atoms with van der Waals surface area (Å²) in [6, 6.07) is 6.67. The second kappa shape index (κ2) is 16.8. The average Bonchev–Trinajstić information content (AvgIpc) is 2.93. The maximum absolute atomic E-state index is 13.5. The molecule has 2 rings (SSSR count). The number of carbonyl (C=O) groups is 5. The van der Waals surface area contributed by atoms with Crippen LogP contribution in [0.2, 0.25) is 0 Å². The molecule has 1 fully saturated rings. The number of hydrogen-bond donors (Lipinski definition) is 7. The van der Waals surface area contributed by atoms with E-state index in [0.717, 1.165) is 5.56 Å². The molecule has 0 spiro atoms. The molecular formula is C29H47N7O6. The van der Waals surface area contributed by atoms with Gasteiger partial charge in [-0.3, -0.25) is 24.0 Å². The number of rotatable bonds is 17. The van der Waals surface area contributed by atoms with Gasteiger partial charge in [-0.1, -0.05) is 44.2 Å². The molecule has 0 saturated carbocycles. The van der Waals surface area contributed by atoms with Crippen LogP contribution in [0.25, 0.3) is 0 Å². The first-order valence-electron chi connectivity index (χ1n) is 14.5. The third-order valence-corrected chi connectivity index (χ3v) is 7.38. The molecule has 1 aromatic carbocycles. The van der Waals surface area contributed by atoms with E-state index < -0.39 is 47.4 Å². The lowest BCUT2D eigenvalue weighted by atomic mass is 9.88. The van der Waals surface area contributed by atoms with Gasteiger partial charge < -0.3 is 43.2 Å². The summed E-state index contributed by atoms with van der Waals surface area (Å²) in [4.78, 5) is 64.0. The summed E-state index contributed by atoms with van der Waals surface area (Å²) < 4.78 is 0. The van der Waals surface area contributed by atoms with Crippen molar-refractivity contribution in [1.29, 1.82) is 0 Å². The van der Waals surface area contributed by atoms with Gasteiger partial charge in [0.25, 0.3) is 0 Å². The number of carbonyl (C=O) groups excluding carboxylic acids is 4. The Kier molecular flexibility index (Phi) is 13.8. The molecular weight excluding hydrogens is 542 g/mol. The molecule has 4 amide bonds. The zero-order valence-corrected chi connectivity index (χ0v) is 24.6. The van der Waals surface area contributed by atoms with Crippen molar-refractivity contribution < 1.29 is 29.1 Å². The van der Waals surface area contributed by atoms with Crippen molar-refractivity contribution >= 4 is 29.6 Å². The summed E-state index contributed by atoms with van der Waals surface area (Å²) in [5.74, 6) is -2.82. The zero-order chi connectivity index (χ0) is 31.3. The van der Waals surface area contributed by atoms with Crippen molar-refractivity contribution in [2.24, 2.45) is 23.1 Å². The molecule has 1 aliphatic heterocycles. The second-order valence-corrected chi connectivity index (χ2v) is 11.5. The molecule has 0 bridgehead atoms. The van der Waals surface area contributed by atoms with Crippen LogP contribution in [0.5, 0.6) is 0 Å². The second-order valence-electron chi connectivity index (χ2n) is 11.5. The van der Waals surface area contributed by atoms with Crippen molar-refractivity contribution in [2.75, 3.05) is 26.2 Å². The summed E-state index contributed by atoms with van der Waals surface area (Å²) >= 11 is 0. The van der Waals surface area contributed by atoms with Crippen LogP contribution in [0.15, 0.2) is 30.3 Å². The van der Waals surface area contributed by atoms with Crippen LogP contribution in [0.3, 0.4) is 0 Å². The van der Waals surface area contributed by atoms with E-state index in [1.165, 1.54) is 4.90 Å². The number of primary amides is 1. The average molecular weight is 590 g/mol. The quantitative estimate of drug-likeness (QED) is 0.113. The summed E-state index contributed by atoms with van der Waals surface area (Å²) in [7, 11) is 0. The van der Waals surface area contributed by atoms with E-state index in [9.17, 15) is 29.1 Å². The lowest BCUT2D eigenvalue weighted by Gasteiger charge is -2.38. The van der Waals surface area contributed by atoms with Gasteiger partial charge in [0.05, 0.1) is 12.6 Å². The van der Waals surface area contributed by atoms with E-state index in [1.54, 1.807) is 0 Å². The number of aliphatic carboxylic acids is 1. The molecule has 0 aliphatic carbocycles. The largest absolute Gasteiger partial charge is 0.480 e. The lowest BCUT2D eigenvalue weighted by molar-refractivity contribution is -0.148. The molecule has 3 unspecified atom stereocenters. The third-order valence-electron chi connectivity index (χ3n) is 7.38. The molecule has 1 aliphatic rings. The summed E-state index contributed by atoms with van der Waals surface area (Å²) in [6.45, 7) is 4.69. The Bertz CT molecular complexity index is 1060. The van der Waals surface area contributed by atoms with Crippen LogP contribution in [0.1, 0.15) is 57.9 Å². The van der Waals surface area contributed by atoms with Gasteiger partial charge in [-0.25, -0.2) is 0 Å². The normalized spacial score (nSPS) is 16.7. The molecule has 13 nitrogen and oxygen atoms in total. The maximum Gasteiger partial charge on any atom is 0.323 e. The van der Waals surface area contributed by atoms with E-state index >= 15 is 0 Å². The van der Waals surface area contributed by atoms with Crippen LogP contribution in [-0.4, -0.2) is 89.4 Å². The van der Waals surface area contributed by atoms with Crippen LogP contribution in [0, 0.1) is 5.92 Å². The molecule has 0 radical (unpaired) electrons. The molecule has 13 heteroatoms. The van der Waals surface area contributed by atoms with Gasteiger partial charge in [0.15, 0.2) is 0 Å². The van der Waals surface area contributed by atoms with Gasteiger partial charge in [0.2, 0.25) is 23.6 Å². The first-order chi connectivity index (χ1) is 19.8. The Labute approximate surface area is 247 Å². The molecule has 42 heavy (non-hydrogen) atoms. The highest BCUT2D eigenvalue weighted by molar-refractivity contribution is 5.93. The minimum Gasteiger partial charge on any atom is -0.480 e. The predicted molar refractivity (Wildman–Crippen MR) is 158 cm³/mol. The first kappa shape index (κ1) is 34.7. The number of nitrogens with zero attached hydrogens (tertiary/aromatic N) is 1. The summed E-state index contributed by atoms with van der Waals surface area (Å²) in [5.41, 5.74) is 16.8. The van der Waals surface area contributed by atoms with Crippen LogP contribution >= 0.6 is 0 Å². The van der Waals surface area contributed by atoms with Gasteiger partial charge in [0.1, 0.15) is 17.6 Å².